The summed E-state index contributed by atoms with van der Waals surface area (Å²) < 4.78 is 16.3. The van der Waals surface area contributed by atoms with Crippen LogP contribution in [0.5, 0.6) is 11.5 Å². The summed E-state index contributed by atoms with van der Waals surface area (Å²) in [5.41, 5.74) is 1.90. The van der Waals surface area contributed by atoms with Crippen LogP contribution in [0.3, 0.4) is 0 Å². The van der Waals surface area contributed by atoms with Crippen LogP contribution < -0.4 is 14.8 Å². The van der Waals surface area contributed by atoms with Crippen molar-refractivity contribution < 1.29 is 28.9 Å². The zero-order valence-corrected chi connectivity index (χ0v) is 15.4. The van der Waals surface area contributed by atoms with E-state index >= 15 is 0 Å². The Bertz CT molecular complexity index is 988. The largest absolute Gasteiger partial charge is 0.496 e. The van der Waals surface area contributed by atoms with Crippen molar-refractivity contribution in [3.63, 3.8) is 0 Å². The van der Waals surface area contributed by atoms with E-state index in [-0.39, 0.29) is 0 Å². The molecule has 7 nitrogen and oxygen atoms in total. The minimum absolute atomic E-state index is 0.299. The fraction of sp³-hybridized carbons (Fsp3) is 0.238. The molecule has 2 N–H and O–H groups in total. The molecule has 28 heavy (non-hydrogen) atoms. The maximum atomic E-state index is 12.5. The summed E-state index contributed by atoms with van der Waals surface area (Å²) in [5.74, 6) is 0.808. The molecule has 2 aliphatic rings. The molecule has 2 aromatic rings. The molecule has 144 valence electrons. The predicted molar refractivity (Wildman–Crippen MR) is 101 cm³/mol. The number of hydrogen-bond donors (Lipinski definition) is 2. The van der Waals surface area contributed by atoms with Gasteiger partial charge in [0.2, 0.25) is 0 Å². The Morgan fingerprint density at radius 1 is 1.14 bits per heavy atom. The Balaban J connectivity index is 1.77. The van der Waals surface area contributed by atoms with Crippen LogP contribution in [0.1, 0.15) is 29.5 Å². The van der Waals surface area contributed by atoms with Gasteiger partial charge in [-0.1, -0.05) is 30.3 Å². The van der Waals surface area contributed by atoms with Crippen LogP contribution in [0.15, 0.2) is 42.5 Å². The molecule has 7 heteroatoms. The van der Waals surface area contributed by atoms with Crippen molar-refractivity contribution >= 4 is 23.4 Å². The molecule has 0 unspecified atom stereocenters. The van der Waals surface area contributed by atoms with E-state index in [2.05, 4.69) is 5.32 Å². The first-order valence-corrected chi connectivity index (χ1v) is 8.79. The highest BCUT2D eigenvalue weighted by atomic mass is 16.5. The highest BCUT2D eigenvalue weighted by Gasteiger charge is 2.45. The summed E-state index contributed by atoms with van der Waals surface area (Å²) in [4.78, 5) is 23.6. The fourth-order valence-corrected chi connectivity index (χ4v) is 3.59. The average Bonchev–Trinajstić information content (AvgIpc) is 3.38. The average molecular weight is 381 g/mol. The Labute approximate surface area is 161 Å². The Hall–Kier alpha value is -3.48. The summed E-state index contributed by atoms with van der Waals surface area (Å²) in [7, 11) is 3.02. The highest BCUT2D eigenvalue weighted by Crippen LogP contribution is 2.47. The predicted octanol–water partition coefficient (Wildman–Crippen LogP) is 3.39. The van der Waals surface area contributed by atoms with Crippen LogP contribution in [0, 0.1) is 0 Å². The van der Waals surface area contributed by atoms with Crippen molar-refractivity contribution in [2.75, 3.05) is 14.2 Å². The van der Waals surface area contributed by atoms with E-state index in [1.807, 2.05) is 24.3 Å². The van der Waals surface area contributed by atoms with Crippen LogP contribution >= 0.6 is 0 Å². The molecule has 1 fully saturated rings. The molecule has 0 bridgehead atoms. The lowest BCUT2D eigenvalue weighted by Gasteiger charge is -2.17. The number of carbonyl (C=O) groups excluding carboxylic acids is 1. The van der Waals surface area contributed by atoms with Gasteiger partial charge in [-0.05, 0) is 30.5 Å². The number of esters is 1. The van der Waals surface area contributed by atoms with E-state index in [0.717, 1.165) is 18.4 Å². The van der Waals surface area contributed by atoms with Gasteiger partial charge >= 0.3 is 12.1 Å². The molecule has 1 aliphatic heterocycles. The van der Waals surface area contributed by atoms with Crippen LogP contribution in [0.4, 0.5) is 4.79 Å². The first-order valence-electron chi connectivity index (χ1n) is 8.79. The van der Waals surface area contributed by atoms with Gasteiger partial charge in [-0.25, -0.2) is 9.59 Å². The van der Waals surface area contributed by atoms with Gasteiger partial charge in [0.15, 0.2) is 0 Å². The van der Waals surface area contributed by atoms with Gasteiger partial charge in [-0.2, -0.15) is 0 Å². The summed E-state index contributed by atoms with van der Waals surface area (Å²) in [6.45, 7) is 0. The topological polar surface area (TPSA) is 94.1 Å². The number of carboxylic acid groups (broad SMARTS) is 1. The van der Waals surface area contributed by atoms with Gasteiger partial charge in [0.1, 0.15) is 22.8 Å². The zero-order valence-electron chi connectivity index (χ0n) is 15.4. The van der Waals surface area contributed by atoms with Crippen LogP contribution in [0.25, 0.3) is 11.3 Å². The van der Waals surface area contributed by atoms with Crippen molar-refractivity contribution in [3.8, 4) is 11.5 Å². The Kier molecular flexibility index (Phi) is 4.22. The third-order valence-corrected chi connectivity index (χ3v) is 5.09. The number of hydrogen-bond acceptors (Lipinski definition) is 5. The second kappa shape index (κ2) is 6.60. The molecule has 0 saturated heterocycles. The first kappa shape index (κ1) is 17.9. The molecule has 0 radical (unpaired) electrons. The highest BCUT2D eigenvalue weighted by molar-refractivity contribution is 6.28. The molecule has 1 saturated carbocycles. The molecule has 1 aliphatic carbocycles. The molecule has 2 aromatic carbocycles. The van der Waals surface area contributed by atoms with E-state index in [9.17, 15) is 9.59 Å². The summed E-state index contributed by atoms with van der Waals surface area (Å²) in [5, 5.41) is 11.6. The van der Waals surface area contributed by atoms with Crippen molar-refractivity contribution in [3.05, 3.63) is 59.2 Å². The number of nitrogens with one attached hydrogen (secondary N) is 1. The van der Waals surface area contributed by atoms with Gasteiger partial charge in [-0.15, -0.1) is 0 Å². The zero-order chi connectivity index (χ0) is 19.9. The van der Waals surface area contributed by atoms with Gasteiger partial charge in [-0.3, -0.25) is 0 Å². The number of rotatable bonds is 5. The number of carbonyl (C=O) groups is 2. The standard InChI is InChI=1S/C21H19NO6/c1-26-14-4-3-5-15-16(14)17(19(23)28-15)18(27-2)12-6-8-13(9-7-12)21(10-11-21)22-20(24)25/h3-9,22H,10-11H2,1-2H3,(H,24,25). The summed E-state index contributed by atoms with van der Waals surface area (Å²) >= 11 is 0. The number of amides is 1. The molecule has 4 rings (SSSR count). The van der Waals surface area contributed by atoms with Gasteiger partial charge < -0.3 is 24.6 Å². The SMILES string of the molecule is COC(=C1C(=O)Oc2cccc(OC)c21)c1ccc(C2(NC(=O)O)CC2)cc1. The number of ether oxygens (including phenoxy) is 3. The smallest absolute Gasteiger partial charge is 0.405 e. The maximum Gasteiger partial charge on any atom is 0.405 e. The molecular weight excluding hydrogens is 362 g/mol. The van der Waals surface area contributed by atoms with Crippen molar-refractivity contribution in [2.45, 2.75) is 18.4 Å². The van der Waals surface area contributed by atoms with E-state index in [0.29, 0.717) is 34.0 Å². The monoisotopic (exact) mass is 381 g/mol. The minimum atomic E-state index is -1.04. The maximum absolute atomic E-state index is 12.5. The van der Waals surface area contributed by atoms with Gasteiger partial charge in [0.05, 0.1) is 25.3 Å². The van der Waals surface area contributed by atoms with Crippen molar-refractivity contribution in [1.29, 1.82) is 0 Å². The lowest BCUT2D eigenvalue weighted by Crippen LogP contribution is -2.33. The normalized spacial score (nSPS) is 18.0. The van der Waals surface area contributed by atoms with Gasteiger partial charge in [0.25, 0.3) is 0 Å². The van der Waals surface area contributed by atoms with E-state index < -0.39 is 17.6 Å². The molecule has 0 atom stereocenters. The number of methoxy groups -OCH3 is 2. The Morgan fingerprint density at radius 3 is 2.43 bits per heavy atom. The van der Waals surface area contributed by atoms with Crippen LogP contribution in [-0.2, 0) is 15.1 Å². The summed E-state index contributed by atoms with van der Waals surface area (Å²) in [6, 6.07) is 12.5. The third kappa shape index (κ3) is 2.85. The van der Waals surface area contributed by atoms with Crippen LogP contribution in [-0.4, -0.2) is 31.4 Å². The number of benzene rings is 2. The van der Waals surface area contributed by atoms with E-state index in [1.165, 1.54) is 14.2 Å². The number of fused-ring (bicyclic) bond motifs is 1. The van der Waals surface area contributed by atoms with E-state index in [1.54, 1.807) is 18.2 Å². The van der Waals surface area contributed by atoms with Crippen LogP contribution in [0.2, 0.25) is 0 Å². The first-order chi connectivity index (χ1) is 13.5. The molecule has 0 aromatic heterocycles. The molecular formula is C21H19NO6. The van der Waals surface area contributed by atoms with E-state index in [4.69, 9.17) is 19.3 Å². The Morgan fingerprint density at radius 2 is 1.86 bits per heavy atom. The third-order valence-electron chi connectivity index (χ3n) is 5.09. The minimum Gasteiger partial charge on any atom is -0.496 e. The van der Waals surface area contributed by atoms with Gasteiger partial charge in [0, 0.05) is 5.56 Å². The second-order valence-corrected chi connectivity index (χ2v) is 6.72. The molecule has 1 amide bonds. The molecule has 1 heterocycles. The quantitative estimate of drug-likeness (QED) is 0.357. The lowest BCUT2D eigenvalue weighted by atomic mass is 9.98. The summed E-state index contributed by atoms with van der Waals surface area (Å²) in [6.07, 6.45) is 0.473. The van der Waals surface area contributed by atoms with Crippen molar-refractivity contribution in [1.82, 2.24) is 5.32 Å². The second-order valence-electron chi connectivity index (χ2n) is 6.72. The molecule has 0 spiro atoms. The fourth-order valence-electron chi connectivity index (χ4n) is 3.59. The van der Waals surface area contributed by atoms with Crippen molar-refractivity contribution in [2.24, 2.45) is 0 Å². The lowest BCUT2D eigenvalue weighted by molar-refractivity contribution is -0.127.